The van der Waals surface area contributed by atoms with Gasteiger partial charge in [0.15, 0.2) is 0 Å². The normalized spacial score (nSPS) is 19.5. The number of hydrogen-bond donors (Lipinski definition) is 1. The van der Waals surface area contributed by atoms with Crippen molar-refractivity contribution in [1.82, 2.24) is 5.32 Å². The van der Waals surface area contributed by atoms with Crippen molar-refractivity contribution in [3.8, 4) is 0 Å². The molecule has 3 nitrogen and oxygen atoms in total. The fraction of sp³-hybridized carbons (Fsp3) is 0.417. The Balaban J connectivity index is 2.22. The van der Waals surface area contributed by atoms with Crippen LogP contribution in [0.5, 0.6) is 0 Å². The number of carbonyl (C=O) groups is 1. The summed E-state index contributed by atoms with van der Waals surface area (Å²) in [5.74, 6) is -2.41. The predicted octanol–water partition coefficient (Wildman–Crippen LogP) is 2.36. The number of nitrogens with one attached hydrogen (secondary N) is 1. The molecule has 1 fully saturated rings. The second-order valence-corrected chi connectivity index (χ2v) is 4.20. The van der Waals surface area contributed by atoms with Crippen molar-refractivity contribution in [3.05, 3.63) is 35.1 Å². The van der Waals surface area contributed by atoms with E-state index in [1.54, 1.807) is 0 Å². The number of hydrogen-bond acceptors (Lipinski definition) is 2. The molecule has 2 rings (SSSR count). The van der Waals surface area contributed by atoms with Gasteiger partial charge in [0.1, 0.15) is 5.82 Å². The second kappa shape index (κ2) is 5.16. The van der Waals surface area contributed by atoms with Crippen LogP contribution in [-0.2, 0) is 10.9 Å². The van der Waals surface area contributed by atoms with Gasteiger partial charge in [-0.3, -0.25) is 4.79 Å². The van der Waals surface area contributed by atoms with Crippen molar-refractivity contribution in [2.24, 2.45) is 0 Å². The first kappa shape index (κ1) is 13.8. The third-order valence-electron chi connectivity index (χ3n) is 2.81. The van der Waals surface area contributed by atoms with Crippen LogP contribution in [0.1, 0.15) is 22.3 Å². The predicted molar refractivity (Wildman–Crippen MR) is 58.1 cm³/mol. The molecule has 0 bridgehead atoms. The average Bonchev–Trinajstić information content (AvgIpc) is 2.80. The van der Waals surface area contributed by atoms with Gasteiger partial charge >= 0.3 is 6.18 Å². The topological polar surface area (TPSA) is 38.3 Å². The maximum atomic E-state index is 13.7. The number of halogens is 4. The van der Waals surface area contributed by atoms with Crippen LogP contribution >= 0.6 is 0 Å². The maximum Gasteiger partial charge on any atom is 0.419 e. The third kappa shape index (κ3) is 3.04. The highest BCUT2D eigenvalue weighted by atomic mass is 19.4. The molecule has 1 heterocycles. The molecule has 19 heavy (non-hydrogen) atoms. The standard InChI is InChI=1S/C12H11F4NO2/c13-10-8(2-1-3-9(10)12(14,15)16)11(18)17-7-4-5-19-6-7/h1-3,7H,4-6H2,(H,17,18). The SMILES string of the molecule is O=C(NC1CCOC1)c1cccc(C(F)(F)F)c1F. The highest BCUT2D eigenvalue weighted by Gasteiger charge is 2.35. The van der Waals surface area contributed by atoms with Crippen molar-refractivity contribution >= 4 is 5.91 Å². The number of benzene rings is 1. The van der Waals surface area contributed by atoms with Gasteiger partial charge in [0.2, 0.25) is 0 Å². The minimum absolute atomic E-state index is 0.284. The van der Waals surface area contributed by atoms with E-state index in [-0.39, 0.29) is 12.6 Å². The molecule has 7 heteroatoms. The number of carbonyl (C=O) groups excluding carboxylic acids is 1. The van der Waals surface area contributed by atoms with Gasteiger partial charge in [0.05, 0.1) is 23.8 Å². The van der Waals surface area contributed by atoms with E-state index >= 15 is 0 Å². The molecular weight excluding hydrogens is 266 g/mol. The molecule has 1 unspecified atom stereocenters. The van der Waals surface area contributed by atoms with Crippen LogP contribution in [0.25, 0.3) is 0 Å². The Hall–Kier alpha value is -1.63. The highest BCUT2D eigenvalue weighted by molar-refractivity contribution is 5.94. The Morgan fingerprint density at radius 2 is 2.11 bits per heavy atom. The van der Waals surface area contributed by atoms with Gasteiger partial charge in [-0.15, -0.1) is 0 Å². The molecule has 1 aromatic rings. The average molecular weight is 277 g/mol. The molecule has 1 saturated heterocycles. The maximum absolute atomic E-state index is 13.7. The Labute approximate surface area is 106 Å². The van der Waals surface area contributed by atoms with Gasteiger partial charge in [0, 0.05) is 6.61 Å². The molecule has 1 atom stereocenters. The van der Waals surface area contributed by atoms with Crippen LogP contribution in [-0.4, -0.2) is 25.2 Å². The van der Waals surface area contributed by atoms with E-state index in [0.29, 0.717) is 19.1 Å². The number of ether oxygens (including phenoxy) is 1. The van der Waals surface area contributed by atoms with E-state index in [9.17, 15) is 22.4 Å². The van der Waals surface area contributed by atoms with Gasteiger partial charge < -0.3 is 10.1 Å². The first-order valence-corrected chi connectivity index (χ1v) is 5.64. The van der Waals surface area contributed by atoms with Crippen molar-refractivity contribution in [1.29, 1.82) is 0 Å². The molecule has 1 aromatic carbocycles. The van der Waals surface area contributed by atoms with Gasteiger partial charge in [-0.25, -0.2) is 4.39 Å². The minimum Gasteiger partial charge on any atom is -0.379 e. The molecule has 104 valence electrons. The van der Waals surface area contributed by atoms with Crippen molar-refractivity contribution in [2.45, 2.75) is 18.6 Å². The van der Waals surface area contributed by atoms with Gasteiger partial charge in [0.25, 0.3) is 5.91 Å². The summed E-state index contributed by atoms with van der Waals surface area (Å²) in [6.07, 6.45) is -4.26. The quantitative estimate of drug-likeness (QED) is 0.843. The van der Waals surface area contributed by atoms with E-state index in [2.05, 4.69) is 5.32 Å². The molecule has 1 N–H and O–H groups in total. The van der Waals surface area contributed by atoms with E-state index in [0.717, 1.165) is 12.1 Å². The summed E-state index contributed by atoms with van der Waals surface area (Å²) in [6.45, 7) is 0.752. The molecule has 1 amide bonds. The lowest BCUT2D eigenvalue weighted by molar-refractivity contribution is -0.140. The number of amides is 1. The Morgan fingerprint density at radius 1 is 1.37 bits per heavy atom. The zero-order chi connectivity index (χ0) is 14.0. The largest absolute Gasteiger partial charge is 0.419 e. The zero-order valence-electron chi connectivity index (χ0n) is 9.76. The van der Waals surface area contributed by atoms with E-state index in [4.69, 9.17) is 4.74 Å². The molecule has 0 saturated carbocycles. The Kier molecular flexibility index (Phi) is 3.75. The van der Waals surface area contributed by atoms with Crippen LogP contribution in [0.15, 0.2) is 18.2 Å². The van der Waals surface area contributed by atoms with Crippen LogP contribution in [0.2, 0.25) is 0 Å². The van der Waals surface area contributed by atoms with E-state index in [1.165, 1.54) is 0 Å². The van der Waals surface area contributed by atoms with Gasteiger partial charge in [-0.1, -0.05) is 6.07 Å². The van der Waals surface area contributed by atoms with E-state index in [1.807, 2.05) is 0 Å². The molecule has 0 aliphatic carbocycles. The summed E-state index contributed by atoms with van der Waals surface area (Å²) in [5, 5.41) is 2.44. The van der Waals surface area contributed by atoms with Crippen molar-refractivity contribution in [3.63, 3.8) is 0 Å². The van der Waals surface area contributed by atoms with E-state index < -0.39 is 29.0 Å². The molecule has 1 aliphatic heterocycles. The lowest BCUT2D eigenvalue weighted by Crippen LogP contribution is -2.35. The molecule has 0 radical (unpaired) electrons. The number of rotatable bonds is 2. The summed E-state index contributed by atoms with van der Waals surface area (Å²) in [7, 11) is 0. The van der Waals surface area contributed by atoms with Gasteiger partial charge in [-0.05, 0) is 18.6 Å². The lowest BCUT2D eigenvalue weighted by atomic mass is 10.1. The first-order chi connectivity index (χ1) is 8.89. The third-order valence-corrected chi connectivity index (χ3v) is 2.81. The van der Waals surface area contributed by atoms with Crippen LogP contribution in [0.4, 0.5) is 17.6 Å². The summed E-state index contributed by atoms with van der Waals surface area (Å²) < 4.78 is 56.2. The second-order valence-electron chi connectivity index (χ2n) is 4.20. The smallest absolute Gasteiger partial charge is 0.379 e. The summed E-state index contributed by atoms with van der Waals surface area (Å²) >= 11 is 0. The van der Waals surface area contributed by atoms with Crippen molar-refractivity contribution in [2.75, 3.05) is 13.2 Å². The van der Waals surface area contributed by atoms with Crippen LogP contribution in [0, 0.1) is 5.82 Å². The monoisotopic (exact) mass is 277 g/mol. The van der Waals surface area contributed by atoms with Crippen LogP contribution < -0.4 is 5.32 Å². The zero-order valence-corrected chi connectivity index (χ0v) is 9.76. The lowest BCUT2D eigenvalue weighted by Gasteiger charge is -2.13. The summed E-state index contributed by atoms with van der Waals surface area (Å²) in [6, 6.07) is 2.34. The Bertz CT molecular complexity index is 481. The summed E-state index contributed by atoms with van der Waals surface area (Å²) in [5.41, 5.74) is -2.05. The Morgan fingerprint density at radius 3 is 2.68 bits per heavy atom. The minimum atomic E-state index is -4.82. The van der Waals surface area contributed by atoms with Crippen LogP contribution in [0.3, 0.4) is 0 Å². The molecule has 0 aromatic heterocycles. The van der Waals surface area contributed by atoms with Gasteiger partial charge in [-0.2, -0.15) is 13.2 Å². The first-order valence-electron chi connectivity index (χ1n) is 5.64. The molecule has 1 aliphatic rings. The molecular formula is C12H11F4NO2. The highest BCUT2D eigenvalue weighted by Crippen LogP contribution is 2.32. The summed E-state index contributed by atoms with van der Waals surface area (Å²) in [4.78, 5) is 11.7. The number of alkyl halides is 3. The molecule has 0 spiro atoms. The fourth-order valence-corrected chi connectivity index (χ4v) is 1.84. The fourth-order valence-electron chi connectivity index (χ4n) is 1.84. The van der Waals surface area contributed by atoms with Crippen molar-refractivity contribution < 1.29 is 27.1 Å².